The molecule has 1 saturated heterocycles. The molecule has 21 heavy (non-hydrogen) atoms. The van der Waals surface area contributed by atoms with Crippen molar-refractivity contribution in [3.8, 4) is 0 Å². The highest BCUT2D eigenvalue weighted by Gasteiger charge is 2.28. The zero-order valence-corrected chi connectivity index (χ0v) is 14.1. The van der Waals surface area contributed by atoms with E-state index in [1.807, 2.05) is 0 Å². The van der Waals surface area contributed by atoms with Crippen LogP contribution in [0.5, 0.6) is 0 Å². The Balaban J connectivity index is 2.06. The van der Waals surface area contributed by atoms with E-state index in [-0.39, 0.29) is 23.4 Å². The van der Waals surface area contributed by atoms with E-state index in [2.05, 4.69) is 15.9 Å². The lowest BCUT2D eigenvalue weighted by Crippen LogP contribution is -2.41. The number of halogens is 1. The normalized spacial score (nSPS) is 19.2. The Kier molecular flexibility index (Phi) is 5.03. The molecule has 0 saturated carbocycles. The molecule has 0 bridgehead atoms. The number of likely N-dealkylation sites (tertiary alicyclic amines) is 1. The van der Waals surface area contributed by atoms with Crippen molar-refractivity contribution < 1.29 is 13.2 Å². The summed E-state index contributed by atoms with van der Waals surface area (Å²) < 4.78 is 26.6. The first-order chi connectivity index (χ1) is 9.80. The van der Waals surface area contributed by atoms with Crippen LogP contribution in [0, 0.1) is 0 Å². The molecule has 0 unspecified atom stereocenters. The second kappa shape index (κ2) is 6.43. The average Bonchev–Trinajstić information content (AvgIpc) is 2.86. The number of nitrogens with two attached hydrogens (primary N) is 1. The summed E-state index contributed by atoms with van der Waals surface area (Å²) in [6.07, 6.45) is 0.759. The fraction of sp³-hybridized carbons (Fsp3) is 0.462. The third kappa shape index (κ3) is 3.82. The van der Waals surface area contributed by atoms with Gasteiger partial charge in [-0.1, -0.05) is 15.9 Å². The van der Waals surface area contributed by atoms with Gasteiger partial charge in [0.05, 0.1) is 11.4 Å². The molecule has 1 amide bonds. The van der Waals surface area contributed by atoms with Crippen LogP contribution in [0.4, 0.5) is 0 Å². The number of carbonyl (C=O) groups is 1. The summed E-state index contributed by atoms with van der Waals surface area (Å²) in [6.45, 7) is 0.905. The third-order valence-electron chi connectivity index (χ3n) is 3.46. The number of carbonyl (C=O) groups excluding carboxylic acids is 1. The van der Waals surface area contributed by atoms with E-state index >= 15 is 0 Å². The van der Waals surface area contributed by atoms with Gasteiger partial charge in [0.15, 0.2) is 0 Å². The van der Waals surface area contributed by atoms with Gasteiger partial charge in [-0.2, -0.15) is 4.31 Å². The van der Waals surface area contributed by atoms with Crippen LogP contribution in [0.3, 0.4) is 0 Å². The van der Waals surface area contributed by atoms with Crippen LogP contribution >= 0.6 is 15.9 Å². The Labute approximate surface area is 133 Å². The van der Waals surface area contributed by atoms with E-state index in [1.54, 1.807) is 17.0 Å². The minimum atomic E-state index is -3.66. The number of sulfonamides is 1. The van der Waals surface area contributed by atoms with Crippen LogP contribution in [0.1, 0.15) is 6.42 Å². The van der Waals surface area contributed by atoms with Crippen molar-refractivity contribution in [1.29, 1.82) is 0 Å². The Bertz CT molecular complexity index is 618. The summed E-state index contributed by atoms with van der Waals surface area (Å²) in [5.74, 6) is -0.217. The second-order valence-corrected chi connectivity index (χ2v) is 8.06. The van der Waals surface area contributed by atoms with Crippen LogP contribution < -0.4 is 5.73 Å². The van der Waals surface area contributed by atoms with E-state index in [0.29, 0.717) is 13.1 Å². The highest BCUT2D eigenvalue weighted by Crippen LogP contribution is 2.18. The molecule has 1 atom stereocenters. The third-order valence-corrected chi connectivity index (χ3v) is 5.80. The summed E-state index contributed by atoms with van der Waals surface area (Å²) in [6, 6.07) is 6.31. The highest BCUT2D eigenvalue weighted by molar-refractivity contribution is 9.10. The summed E-state index contributed by atoms with van der Waals surface area (Å²) in [5, 5.41) is 0. The predicted molar refractivity (Wildman–Crippen MR) is 83.1 cm³/mol. The van der Waals surface area contributed by atoms with Crippen molar-refractivity contribution in [3.05, 3.63) is 28.7 Å². The van der Waals surface area contributed by atoms with Gasteiger partial charge >= 0.3 is 0 Å². The fourth-order valence-electron chi connectivity index (χ4n) is 2.18. The van der Waals surface area contributed by atoms with Gasteiger partial charge in [0.1, 0.15) is 0 Å². The molecule has 0 radical (unpaired) electrons. The van der Waals surface area contributed by atoms with Gasteiger partial charge in [0, 0.05) is 30.7 Å². The van der Waals surface area contributed by atoms with Crippen molar-refractivity contribution >= 4 is 31.9 Å². The molecule has 1 aliphatic heterocycles. The van der Waals surface area contributed by atoms with Gasteiger partial charge in [0.25, 0.3) is 0 Å². The molecular formula is C13H18BrN3O3S. The molecule has 1 fully saturated rings. The lowest BCUT2D eigenvalue weighted by molar-refractivity contribution is -0.130. The van der Waals surface area contributed by atoms with Crippen molar-refractivity contribution in [2.75, 3.05) is 26.7 Å². The predicted octanol–water partition coefficient (Wildman–Crippen LogP) is 0.629. The van der Waals surface area contributed by atoms with Gasteiger partial charge in [-0.3, -0.25) is 4.79 Å². The molecule has 8 heteroatoms. The lowest BCUT2D eigenvalue weighted by Gasteiger charge is -2.21. The molecule has 6 nitrogen and oxygen atoms in total. The number of likely N-dealkylation sites (N-methyl/N-ethyl adjacent to an activating group) is 1. The van der Waals surface area contributed by atoms with Gasteiger partial charge < -0.3 is 10.6 Å². The van der Waals surface area contributed by atoms with Crippen molar-refractivity contribution in [2.45, 2.75) is 17.4 Å². The van der Waals surface area contributed by atoms with Crippen LogP contribution in [0.2, 0.25) is 0 Å². The lowest BCUT2D eigenvalue weighted by atomic mass is 10.3. The molecule has 1 aliphatic rings. The maximum atomic E-state index is 12.4. The molecule has 2 N–H and O–H groups in total. The van der Waals surface area contributed by atoms with Crippen molar-refractivity contribution in [1.82, 2.24) is 9.21 Å². The zero-order valence-electron chi connectivity index (χ0n) is 11.7. The molecule has 0 spiro atoms. The Morgan fingerprint density at radius 2 is 2.05 bits per heavy atom. The second-order valence-electron chi connectivity index (χ2n) is 5.10. The summed E-state index contributed by atoms with van der Waals surface area (Å²) in [4.78, 5) is 13.9. The minimum Gasteiger partial charge on any atom is -0.340 e. The van der Waals surface area contributed by atoms with E-state index < -0.39 is 10.0 Å². The molecule has 1 aromatic rings. The summed E-state index contributed by atoms with van der Waals surface area (Å²) in [5.41, 5.74) is 5.75. The number of hydrogen-bond acceptors (Lipinski definition) is 4. The first kappa shape index (κ1) is 16.4. The first-order valence-electron chi connectivity index (χ1n) is 6.56. The highest BCUT2D eigenvalue weighted by atomic mass is 79.9. The molecule has 0 aliphatic carbocycles. The van der Waals surface area contributed by atoms with Crippen LogP contribution in [0.25, 0.3) is 0 Å². The van der Waals surface area contributed by atoms with E-state index in [0.717, 1.165) is 15.2 Å². The fourth-order valence-corrected chi connectivity index (χ4v) is 3.56. The summed E-state index contributed by atoms with van der Waals surface area (Å²) >= 11 is 3.26. The van der Waals surface area contributed by atoms with Gasteiger partial charge in [-0.25, -0.2) is 8.42 Å². The molecule has 1 heterocycles. The molecule has 1 aromatic carbocycles. The first-order valence-corrected chi connectivity index (χ1v) is 8.79. The maximum Gasteiger partial charge on any atom is 0.243 e. The molecular weight excluding hydrogens is 358 g/mol. The van der Waals surface area contributed by atoms with Crippen molar-refractivity contribution in [3.63, 3.8) is 0 Å². The zero-order chi connectivity index (χ0) is 15.6. The summed E-state index contributed by atoms with van der Waals surface area (Å²) in [7, 11) is -2.25. The van der Waals surface area contributed by atoms with Gasteiger partial charge in [-0.15, -0.1) is 0 Å². The molecule has 2 rings (SSSR count). The number of rotatable bonds is 4. The molecule has 0 aromatic heterocycles. The topological polar surface area (TPSA) is 83.7 Å². The van der Waals surface area contributed by atoms with Crippen LogP contribution in [-0.2, 0) is 14.8 Å². The Hall–Kier alpha value is -0.960. The monoisotopic (exact) mass is 375 g/mol. The number of nitrogens with zero attached hydrogens (tertiary/aromatic N) is 2. The Morgan fingerprint density at radius 3 is 2.57 bits per heavy atom. The number of amides is 1. The maximum absolute atomic E-state index is 12.4. The van der Waals surface area contributed by atoms with Crippen molar-refractivity contribution in [2.24, 2.45) is 5.73 Å². The smallest absolute Gasteiger partial charge is 0.243 e. The van der Waals surface area contributed by atoms with Crippen LogP contribution in [-0.4, -0.2) is 56.3 Å². The standard InChI is InChI=1S/C13H18BrN3O3S/c1-16(9-13(18)17-7-6-11(15)8-17)21(19,20)12-4-2-10(14)3-5-12/h2-5,11H,6-9,15H2,1H3/t11-/m1/s1. The van der Waals surface area contributed by atoms with Gasteiger partial charge in [-0.05, 0) is 30.7 Å². The van der Waals surface area contributed by atoms with E-state index in [4.69, 9.17) is 5.73 Å². The number of hydrogen-bond donors (Lipinski definition) is 1. The minimum absolute atomic E-state index is 0.0117. The van der Waals surface area contributed by atoms with E-state index in [9.17, 15) is 13.2 Å². The number of benzene rings is 1. The average molecular weight is 376 g/mol. The Morgan fingerprint density at radius 1 is 1.43 bits per heavy atom. The van der Waals surface area contributed by atoms with Crippen LogP contribution in [0.15, 0.2) is 33.6 Å². The van der Waals surface area contributed by atoms with Gasteiger partial charge in [0.2, 0.25) is 15.9 Å². The SMILES string of the molecule is CN(CC(=O)N1CC[C@@H](N)C1)S(=O)(=O)c1ccc(Br)cc1. The molecule has 116 valence electrons. The van der Waals surface area contributed by atoms with E-state index in [1.165, 1.54) is 19.2 Å². The quantitative estimate of drug-likeness (QED) is 0.836. The largest absolute Gasteiger partial charge is 0.340 e.